The summed E-state index contributed by atoms with van der Waals surface area (Å²) >= 11 is 6.27. The third-order valence-electron chi connectivity index (χ3n) is 2.22. The van der Waals surface area contributed by atoms with Gasteiger partial charge >= 0.3 is 0 Å². The van der Waals surface area contributed by atoms with Crippen LogP contribution in [0, 0.1) is 5.41 Å². The van der Waals surface area contributed by atoms with Crippen LogP contribution in [0.2, 0.25) is 0 Å². The molecular weight excluding hydrogens is 220 g/mol. The zero-order chi connectivity index (χ0) is 9.15. The van der Waals surface area contributed by atoms with Crippen LogP contribution in [0.5, 0.6) is 0 Å². The first-order valence-electron chi connectivity index (χ1n) is 4.38. The molecule has 13 heavy (non-hydrogen) atoms. The second-order valence-corrected chi connectivity index (χ2v) is 7.70. The predicted molar refractivity (Wildman–Crippen MR) is 64.6 cm³/mol. The second kappa shape index (κ2) is 4.51. The summed E-state index contributed by atoms with van der Waals surface area (Å²) in [5.41, 5.74) is 0.456. The highest BCUT2D eigenvalue weighted by atomic mass is 32.3. The first-order chi connectivity index (χ1) is 6.35. The minimum absolute atomic E-state index is 0.456. The van der Waals surface area contributed by atoms with E-state index in [1.54, 1.807) is 0 Å². The van der Waals surface area contributed by atoms with Crippen LogP contribution in [0.3, 0.4) is 0 Å². The fourth-order valence-electron chi connectivity index (χ4n) is 1.49. The number of ether oxygens (including phenoxy) is 1. The maximum atomic E-state index is 5.58. The van der Waals surface area contributed by atoms with Crippen molar-refractivity contribution in [3.8, 4) is 0 Å². The molecule has 3 aliphatic rings. The van der Waals surface area contributed by atoms with E-state index in [1.165, 1.54) is 17.3 Å². The second-order valence-electron chi connectivity index (χ2n) is 3.53. The van der Waals surface area contributed by atoms with E-state index in [1.807, 2.05) is 6.08 Å². The molecule has 2 bridgehead atoms. The van der Waals surface area contributed by atoms with Crippen molar-refractivity contribution in [2.24, 2.45) is 5.41 Å². The average Bonchev–Trinajstić information content (AvgIpc) is 2.21. The maximum absolute atomic E-state index is 5.58. The summed E-state index contributed by atoms with van der Waals surface area (Å²) < 4.78 is 6.39. The molecule has 4 heteroatoms. The lowest BCUT2D eigenvalue weighted by Crippen LogP contribution is -2.42. The molecule has 1 nitrogen and oxygen atoms in total. The molecule has 0 aromatic rings. The van der Waals surface area contributed by atoms with Gasteiger partial charge in [0.2, 0.25) is 0 Å². The van der Waals surface area contributed by atoms with E-state index in [2.05, 4.69) is 41.9 Å². The van der Waals surface area contributed by atoms with Crippen LogP contribution in [0.1, 0.15) is 0 Å². The lowest BCUT2D eigenvalue weighted by molar-refractivity contribution is 0.0973. The largest absolute Gasteiger partial charge is 0.377 e. The van der Waals surface area contributed by atoms with Gasteiger partial charge in [-0.05, 0) is 0 Å². The van der Waals surface area contributed by atoms with E-state index < -0.39 is 0 Å². The van der Waals surface area contributed by atoms with Gasteiger partial charge in [0.15, 0.2) is 0 Å². The van der Waals surface area contributed by atoms with E-state index >= 15 is 0 Å². The highest BCUT2D eigenvalue weighted by Crippen LogP contribution is 2.53. The molecule has 0 unspecified atom stereocenters. The summed E-state index contributed by atoms with van der Waals surface area (Å²) in [4.78, 5) is 0. The first kappa shape index (κ1) is 10.3. The molecule has 0 aromatic carbocycles. The molecule has 0 atom stereocenters. The molecule has 3 saturated heterocycles. The Hall–Kier alpha value is 0.750. The Bertz CT molecular complexity index is 174. The van der Waals surface area contributed by atoms with Crippen molar-refractivity contribution in [2.45, 2.75) is 3.91 Å². The summed E-state index contributed by atoms with van der Waals surface area (Å²) in [5.74, 6) is 3.86. The van der Waals surface area contributed by atoms with Crippen LogP contribution in [-0.4, -0.2) is 34.4 Å². The van der Waals surface area contributed by atoms with Crippen LogP contribution in [0.15, 0.2) is 12.7 Å². The van der Waals surface area contributed by atoms with Crippen LogP contribution in [0.25, 0.3) is 0 Å². The molecule has 3 heterocycles. The number of hydrogen-bond donors (Lipinski definition) is 0. The van der Waals surface area contributed by atoms with E-state index in [0.717, 1.165) is 10.5 Å². The average molecular weight is 234 g/mol. The Morgan fingerprint density at radius 2 is 1.92 bits per heavy atom. The van der Waals surface area contributed by atoms with Gasteiger partial charge in [-0.2, -0.15) is 0 Å². The van der Waals surface area contributed by atoms with Crippen molar-refractivity contribution in [1.82, 2.24) is 0 Å². The van der Waals surface area contributed by atoms with Gasteiger partial charge in [0.05, 0.1) is 17.1 Å². The Balaban J connectivity index is 1.84. The van der Waals surface area contributed by atoms with Gasteiger partial charge < -0.3 is 4.74 Å². The van der Waals surface area contributed by atoms with Crippen molar-refractivity contribution in [1.29, 1.82) is 0 Å². The smallest absolute Gasteiger partial charge is 0.0956 e. The van der Waals surface area contributed by atoms with Crippen LogP contribution in [-0.2, 0) is 4.74 Å². The zero-order valence-electron chi connectivity index (χ0n) is 7.53. The third kappa shape index (κ3) is 2.41. The quantitative estimate of drug-likeness (QED) is 0.546. The van der Waals surface area contributed by atoms with Crippen molar-refractivity contribution in [3.63, 3.8) is 0 Å². The van der Waals surface area contributed by atoms with Gasteiger partial charge in [-0.1, -0.05) is 6.08 Å². The molecule has 0 amide bonds. The van der Waals surface area contributed by atoms with Gasteiger partial charge in [-0.3, -0.25) is 0 Å². The van der Waals surface area contributed by atoms with Crippen molar-refractivity contribution >= 4 is 35.3 Å². The molecule has 3 rings (SSSR count). The summed E-state index contributed by atoms with van der Waals surface area (Å²) in [6.07, 6.45) is 1.83. The lowest BCUT2D eigenvalue weighted by Gasteiger charge is -2.44. The van der Waals surface area contributed by atoms with E-state index in [0.29, 0.717) is 12.0 Å². The molecule has 3 fully saturated rings. The zero-order valence-corrected chi connectivity index (χ0v) is 9.98. The summed E-state index contributed by atoms with van der Waals surface area (Å²) in [6, 6.07) is 0. The summed E-state index contributed by atoms with van der Waals surface area (Å²) in [5, 5.41) is 0. The summed E-state index contributed by atoms with van der Waals surface area (Å²) in [6.45, 7) is 5.28. The molecule has 3 aliphatic heterocycles. The van der Waals surface area contributed by atoms with Gasteiger partial charge in [0, 0.05) is 22.7 Å². The third-order valence-corrected chi connectivity index (χ3v) is 7.82. The molecular formula is C9H14OS3. The fraction of sp³-hybridized carbons (Fsp3) is 0.778. The number of thioether (sulfide) groups is 3. The number of hydrogen-bond acceptors (Lipinski definition) is 4. The standard InChI is InChI=1S/C9H14OS3/c1-2-3-10-4-9-5-11-8(12-6-9)13-7-9/h2,8H,1,3-7H2. The monoisotopic (exact) mass is 234 g/mol. The van der Waals surface area contributed by atoms with Gasteiger partial charge in [0.25, 0.3) is 0 Å². The predicted octanol–water partition coefficient (Wildman–Crippen LogP) is 2.69. The molecule has 0 saturated carbocycles. The SMILES string of the molecule is C=CCOCC12CSC(SC1)SC2. The Kier molecular flexibility index (Phi) is 3.57. The Labute approximate surface area is 92.4 Å². The van der Waals surface area contributed by atoms with Gasteiger partial charge in [-0.25, -0.2) is 0 Å². The van der Waals surface area contributed by atoms with Crippen molar-refractivity contribution < 1.29 is 4.74 Å². The van der Waals surface area contributed by atoms with Gasteiger partial charge in [0.1, 0.15) is 0 Å². The molecule has 0 aliphatic carbocycles. The van der Waals surface area contributed by atoms with E-state index in [4.69, 9.17) is 4.74 Å². The van der Waals surface area contributed by atoms with Crippen molar-refractivity contribution in [2.75, 3.05) is 30.5 Å². The molecule has 74 valence electrons. The molecule has 0 aromatic heterocycles. The Morgan fingerprint density at radius 1 is 1.31 bits per heavy atom. The first-order valence-corrected chi connectivity index (χ1v) is 7.53. The Morgan fingerprint density at radius 3 is 2.46 bits per heavy atom. The van der Waals surface area contributed by atoms with Crippen LogP contribution in [0.4, 0.5) is 0 Å². The topological polar surface area (TPSA) is 9.23 Å². The van der Waals surface area contributed by atoms with Crippen LogP contribution < -0.4 is 0 Å². The highest BCUT2D eigenvalue weighted by Gasteiger charge is 2.42. The highest BCUT2D eigenvalue weighted by molar-refractivity contribution is 8.33. The number of rotatable bonds is 4. The molecule has 0 N–H and O–H groups in total. The normalized spacial score (nSPS) is 37.7. The number of fused-ring (bicyclic) bond motifs is 3. The summed E-state index contributed by atoms with van der Waals surface area (Å²) in [7, 11) is 0. The van der Waals surface area contributed by atoms with Crippen LogP contribution >= 0.6 is 35.3 Å². The van der Waals surface area contributed by atoms with Gasteiger partial charge in [-0.15, -0.1) is 41.9 Å². The fourth-order valence-corrected chi connectivity index (χ4v) is 6.59. The molecule has 0 spiro atoms. The molecule has 0 radical (unpaired) electrons. The minimum Gasteiger partial charge on any atom is -0.377 e. The lowest BCUT2D eigenvalue weighted by atomic mass is 9.97. The minimum atomic E-state index is 0.456. The van der Waals surface area contributed by atoms with E-state index in [9.17, 15) is 0 Å². The van der Waals surface area contributed by atoms with E-state index in [-0.39, 0.29) is 0 Å². The maximum Gasteiger partial charge on any atom is 0.0956 e. The van der Waals surface area contributed by atoms with Crippen molar-refractivity contribution in [3.05, 3.63) is 12.7 Å².